The molecule has 0 spiro atoms. The molecular weight excluding hydrogens is 376 g/mol. The number of hydrogen-bond donors (Lipinski definition) is 0. The van der Waals surface area contributed by atoms with E-state index < -0.39 is 9.84 Å². The number of carbonyl (C=O) groups excluding carboxylic acids is 1. The Bertz CT molecular complexity index is 772. The van der Waals surface area contributed by atoms with E-state index in [1.165, 1.54) is 0 Å². The molecule has 8 heteroatoms. The fraction of sp³-hybridized carbons (Fsp3) is 0.700. The van der Waals surface area contributed by atoms with Gasteiger partial charge in [0, 0.05) is 44.5 Å². The lowest BCUT2D eigenvalue weighted by atomic mass is 10.1. The van der Waals surface area contributed by atoms with E-state index in [1.807, 2.05) is 23.1 Å². The highest BCUT2D eigenvalue weighted by Gasteiger charge is 2.39. The van der Waals surface area contributed by atoms with Crippen LogP contribution in [0.3, 0.4) is 0 Å². The smallest absolute Gasteiger partial charge is 0.237 e. The topological polar surface area (TPSA) is 73.8 Å². The Kier molecular flexibility index (Phi) is 5.87. The maximum Gasteiger partial charge on any atom is 0.237 e. The third-order valence-corrected chi connectivity index (χ3v) is 8.06. The molecule has 4 rings (SSSR count). The van der Waals surface area contributed by atoms with E-state index in [0.29, 0.717) is 13.0 Å². The first kappa shape index (κ1) is 19.6. The fourth-order valence-corrected chi connectivity index (χ4v) is 6.54. The van der Waals surface area contributed by atoms with Gasteiger partial charge in [0.1, 0.15) is 5.82 Å². The number of nitrogens with zero attached hydrogens (tertiary/aromatic N) is 4. The van der Waals surface area contributed by atoms with Crippen molar-refractivity contribution >= 4 is 21.6 Å². The first-order valence-corrected chi connectivity index (χ1v) is 12.2. The van der Waals surface area contributed by atoms with Crippen LogP contribution < -0.4 is 4.90 Å². The maximum atomic E-state index is 13.2. The number of aromatic nitrogens is 1. The minimum Gasteiger partial charge on any atom is -0.354 e. The standard InChI is InChI=1S/C20H30N4O3S/c25-20(15-22-10-12-23(13-11-22)19-7-3-4-9-21-19)24(17-5-1-2-6-17)18-8-14-28(26,27)16-18/h3-4,7,9,17-18H,1-2,5-6,8,10-16H2/t18-/m0/s1. The van der Waals surface area contributed by atoms with Crippen molar-refractivity contribution in [3.05, 3.63) is 24.4 Å². The summed E-state index contributed by atoms with van der Waals surface area (Å²) in [5.74, 6) is 1.46. The highest BCUT2D eigenvalue weighted by Crippen LogP contribution is 2.29. The van der Waals surface area contributed by atoms with E-state index in [2.05, 4.69) is 14.8 Å². The van der Waals surface area contributed by atoms with Crippen LogP contribution in [0.4, 0.5) is 5.82 Å². The molecule has 1 aliphatic carbocycles. The van der Waals surface area contributed by atoms with Crippen molar-refractivity contribution in [1.29, 1.82) is 0 Å². The summed E-state index contributed by atoms with van der Waals surface area (Å²) in [7, 11) is -3.00. The van der Waals surface area contributed by atoms with Gasteiger partial charge < -0.3 is 9.80 Å². The number of pyridine rings is 1. The number of sulfone groups is 1. The Morgan fingerprint density at radius 1 is 1.07 bits per heavy atom. The first-order chi connectivity index (χ1) is 13.5. The van der Waals surface area contributed by atoms with Crippen molar-refractivity contribution in [2.24, 2.45) is 0 Å². The molecule has 3 aliphatic rings. The predicted molar refractivity (Wildman–Crippen MR) is 109 cm³/mol. The average molecular weight is 407 g/mol. The summed E-state index contributed by atoms with van der Waals surface area (Å²) in [6.45, 7) is 3.74. The van der Waals surface area contributed by atoms with Gasteiger partial charge in [-0.1, -0.05) is 18.9 Å². The van der Waals surface area contributed by atoms with Crippen molar-refractivity contribution in [2.75, 3.05) is 49.1 Å². The Balaban J connectivity index is 1.37. The lowest BCUT2D eigenvalue weighted by Crippen LogP contribution is -2.54. The van der Waals surface area contributed by atoms with E-state index in [0.717, 1.165) is 57.7 Å². The Hall–Kier alpha value is -1.67. The summed E-state index contributed by atoms with van der Waals surface area (Å²) in [5, 5.41) is 0. The molecule has 0 unspecified atom stereocenters. The third kappa shape index (κ3) is 4.49. The number of anilines is 1. The first-order valence-electron chi connectivity index (χ1n) is 10.4. The molecule has 2 aliphatic heterocycles. The Morgan fingerprint density at radius 2 is 1.82 bits per heavy atom. The minimum absolute atomic E-state index is 0.111. The van der Waals surface area contributed by atoms with Crippen molar-refractivity contribution in [1.82, 2.24) is 14.8 Å². The quantitative estimate of drug-likeness (QED) is 0.731. The van der Waals surface area contributed by atoms with E-state index in [-0.39, 0.29) is 29.5 Å². The van der Waals surface area contributed by atoms with Crippen molar-refractivity contribution in [3.8, 4) is 0 Å². The van der Waals surface area contributed by atoms with Gasteiger partial charge in [-0.3, -0.25) is 9.69 Å². The van der Waals surface area contributed by atoms with Gasteiger partial charge in [-0.15, -0.1) is 0 Å². The molecular formula is C20H30N4O3S. The molecule has 3 fully saturated rings. The van der Waals surface area contributed by atoms with Gasteiger partial charge in [0.15, 0.2) is 9.84 Å². The average Bonchev–Trinajstić information content (AvgIpc) is 3.33. The van der Waals surface area contributed by atoms with Gasteiger partial charge >= 0.3 is 0 Å². The normalized spacial score (nSPS) is 25.9. The number of hydrogen-bond acceptors (Lipinski definition) is 6. The predicted octanol–water partition coefficient (Wildman–Crippen LogP) is 1.16. The van der Waals surface area contributed by atoms with Gasteiger partial charge in [0.05, 0.1) is 18.1 Å². The molecule has 3 heterocycles. The van der Waals surface area contributed by atoms with Gasteiger partial charge in [-0.2, -0.15) is 0 Å². The summed E-state index contributed by atoms with van der Waals surface area (Å²) < 4.78 is 24.0. The second-order valence-electron chi connectivity index (χ2n) is 8.25. The zero-order chi connectivity index (χ0) is 19.6. The van der Waals surface area contributed by atoms with Crippen LogP contribution in [0.1, 0.15) is 32.1 Å². The number of rotatable bonds is 5. The zero-order valence-corrected chi connectivity index (χ0v) is 17.2. The van der Waals surface area contributed by atoms with Crippen LogP contribution in [0.5, 0.6) is 0 Å². The van der Waals surface area contributed by atoms with Gasteiger partial charge in [0.25, 0.3) is 0 Å². The lowest BCUT2D eigenvalue weighted by molar-refractivity contribution is -0.137. The molecule has 154 valence electrons. The molecule has 0 aromatic carbocycles. The zero-order valence-electron chi connectivity index (χ0n) is 16.4. The van der Waals surface area contributed by atoms with Crippen LogP contribution >= 0.6 is 0 Å². The maximum absolute atomic E-state index is 13.2. The van der Waals surface area contributed by atoms with E-state index in [1.54, 1.807) is 6.20 Å². The summed E-state index contributed by atoms with van der Waals surface area (Å²) in [6, 6.07) is 6.02. The number of carbonyl (C=O) groups is 1. The molecule has 1 atom stereocenters. The monoisotopic (exact) mass is 406 g/mol. The molecule has 0 bridgehead atoms. The molecule has 7 nitrogen and oxygen atoms in total. The molecule has 1 amide bonds. The molecule has 1 saturated carbocycles. The molecule has 1 aromatic heterocycles. The summed E-state index contributed by atoms with van der Waals surface area (Å²) >= 11 is 0. The van der Waals surface area contributed by atoms with Crippen LogP contribution in [0, 0.1) is 0 Å². The van der Waals surface area contributed by atoms with Crippen LogP contribution in [0.25, 0.3) is 0 Å². The molecule has 28 heavy (non-hydrogen) atoms. The summed E-state index contributed by atoms with van der Waals surface area (Å²) in [5.41, 5.74) is 0. The van der Waals surface area contributed by atoms with Crippen molar-refractivity contribution in [2.45, 2.75) is 44.2 Å². The van der Waals surface area contributed by atoms with E-state index >= 15 is 0 Å². The molecule has 0 radical (unpaired) electrons. The van der Waals surface area contributed by atoms with Crippen LogP contribution in [-0.2, 0) is 14.6 Å². The van der Waals surface area contributed by atoms with Crippen LogP contribution in [0.15, 0.2) is 24.4 Å². The molecule has 1 aromatic rings. The largest absolute Gasteiger partial charge is 0.354 e. The van der Waals surface area contributed by atoms with Crippen LogP contribution in [-0.4, -0.2) is 85.4 Å². The number of piperazine rings is 1. The van der Waals surface area contributed by atoms with Gasteiger partial charge in [-0.25, -0.2) is 13.4 Å². The fourth-order valence-electron chi connectivity index (χ4n) is 4.83. The lowest BCUT2D eigenvalue weighted by Gasteiger charge is -2.38. The summed E-state index contributed by atoms with van der Waals surface area (Å²) in [6.07, 6.45) is 6.69. The number of amides is 1. The molecule has 0 N–H and O–H groups in total. The van der Waals surface area contributed by atoms with E-state index in [4.69, 9.17) is 0 Å². The van der Waals surface area contributed by atoms with Crippen LogP contribution in [0.2, 0.25) is 0 Å². The second-order valence-corrected chi connectivity index (χ2v) is 10.5. The Morgan fingerprint density at radius 3 is 2.43 bits per heavy atom. The van der Waals surface area contributed by atoms with E-state index in [9.17, 15) is 13.2 Å². The van der Waals surface area contributed by atoms with Crippen molar-refractivity contribution in [3.63, 3.8) is 0 Å². The highest BCUT2D eigenvalue weighted by atomic mass is 32.2. The SMILES string of the molecule is O=C(CN1CCN(c2ccccn2)CC1)N(C1CCCC1)[C@H]1CCS(=O)(=O)C1. The third-order valence-electron chi connectivity index (χ3n) is 6.31. The Labute approximate surface area is 167 Å². The second kappa shape index (κ2) is 8.37. The summed E-state index contributed by atoms with van der Waals surface area (Å²) in [4.78, 5) is 24.0. The highest BCUT2D eigenvalue weighted by molar-refractivity contribution is 7.91. The van der Waals surface area contributed by atoms with Gasteiger partial charge in [-0.05, 0) is 31.4 Å². The molecule has 2 saturated heterocycles. The van der Waals surface area contributed by atoms with Gasteiger partial charge in [0.2, 0.25) is 5.91 Å². The minimum atomic E-state index is -3.00. The van der Waals surface area contributed by atoms with Crippen molar-refractivity contribution < 1.29 is 13.2 Å².